The number of rotatable bonds is 1. The minimum Gasteiger partial charge on any atom is -0.478 e. The molecule has 1 aliphatic heterocycles. The molecule has 0 amide bonds. The lowest BCUT2D eigenvalue weighted by molar-refractivity contribution is 0.0696. The number of aryl methyl sites for hydroxylation is 1. The van der Waals surface area contributed by atoms with Crippen LogP contribution in [0.2, 0.25) is 0 Å². The molecule has 1 aliphatic rings. The third-order valence-corrected chi connectivity index (χ3v) is 3.22. The number of fused-ring (bicyclic) bond motifs is 1. The lowest BCUT2D eigenvalue weighted by Crippen LogP contribution is -2.03. The fourth-order valence-electron chi connectivity index (χ4n) is 1.84. The average Bonchev–Trinajstić information content (AvgIpc) is 2.42. The number of anilines is 1. The largest absolute Gasteiger partial charge is 0.478 e. The zero-order chi connectivity index (χ0) is 10.8. The third kappa shape index (κ3) is 2.15. The number of halogens is 1. The van der Waals surface area contributed by atoms with E-state index in [1.807, 2.05) is 0 Å². The van der Waals surface area contributed by atoms with Crippen LogP contribution in [0.4, 0.5) is 5.69 Å². The Morgan fingerprint density at radius 3 is 2.93 bits per heavy atom. The Bertz CT molecular complexity index is 404. The van der Waals surface area contributed by atoms with Gasteiger partial charge in [-0.3, -0.25) is 0 Å². The van der Waals surface area contributed by atoms with Crippen molar-refractivity contribution in [1.29, 1.82) is 0 Å². The molecule has 0 saturated carbocycles. The first-order chi connectivity index (χ1) is 7.18. The number of carboxylic acid groups (broad SMARTS) is 1. The van der Waals surface area contributed by atoms with E-state index in [9.17, 15) is 4.79 Å². The SMILES string of the molecule is O=C(O)c1cc(Br)c2c(c1)CCCCN2. The smallest absolute Gasteiger partial charge is 0.335 e. The van der Waals surface area contributed by atoms with Gasteiger partial charge in [0.2, 0.25) is 0 Å². The second-order valence-corrected chi connectivity index (χ2v) is 4.54. The molecule has 0 aliphatic carbocycles. The van der Waals surface area contributed by atoms with E-state index in [1.165, 1.54) is 0 Å². The minimum atomic E-state index is -0.872. The zero-order valence-corrected chi connectivity index (χ0v) is 9.80. The van der Waals surface area contributed by atoms with Crippen LogP contribution in [-0.4, -0.2) is 17.6 Å². The molecule has 4 heteroatoms. The second-order valence-electron chi connectivity index (χ2n) is 3.68. The zero-order valence-electron chi connectivity index (χ0n) is 8.22. The molecule has 0 saturated heterocycles. The summed E-state index contributed by atoms with van der Waals surface area (Å²) >= 11 is 3.41. The second kappa shape index (κ2) is 4.23. The first-order valence-electron chi connectivity index (χ1n) is 4.98. The molecule has 0 spiro atoms. The minimum absolute atomic E-state index is 0.351. The number of carboxylic acids is 1. The van der Waals surface area contributed by atoms with Crippen molar-refractivity contribution >= 4 is 27.6 Å². The Kier molecular flexibility index (Phi) is 2.95. The van der Waals surface area contributed by atoms with Crippen LogP contribution in [0.25, 0.3) is 0 Å². The summed E-state index contributed by atoms with van der Waals surface area (Å²) in [4.78, 5) is 10.9. The predicted molar refractivity (Wildman–Crippen MR) is 62.5 cm³/mol. The number of hydrogen-bond donors (Lipinski definition) is 2. The number of carbonyl (C=O) groups is 1. The monoisotopic (exact) mass is 269 g/mol. The molecule has 0 radical (unpaired) electrons. The van der Waals surface area contributed by atoms with E-state index in [0.29, 0.717) is 5.56 Å². The van der Waals surface area contributed by atoms with Crippen molar-refractivity contribution in [2.24, 2.45) is 0 Å². The molecule has 2 rings (SSSR count). The molecule has 1 heterocycles. The normalized spacial score (nSPS) is 15.0. The highest BCUT2D eigenvalue weighted by atomic mass is 79.9. The first-order valence-corrected chi connectivity index (χ1v) is 5.77. The molecule has 0 atom stereocenters. The Morgan fingerprint density at radius 2 is 2.20 bits per heavy atom. The molecule has 0 bridgehead atoms. The van der Waals surface area contributed by atoms with E-state index in [4.69, 9.17) is 5.11 Å². The molecule has 0 fully saturated rings. The maximum atomic E-state index is 10.9. The lowest BCUT2D eigenvalue weighted by Gasteiger charge is -2.11. The van der Waals surface area contributed by atoms with Gasteiger partial charge in [-0.25, -0.2) is 4.79 Å². The highest BCUT2D eigenvalue weighted by Crippen LogP contribution is 2.31. The number of benzene rings is 1. The van der Waals surface area contributed by atoms with Crippen LogP contribution in [0.1, 0.15) is 28.8 Å². The van der Waals surface area contributed by atoms with Crippen LogP contribution < -0.4 is 5.32 Å². The van der Waals surface area contributed by atoms with Gasteiger partial charge in [0.25, 0.3) is 0 Å². The van der Waals surface area contributed by atoms with Crippen molar-refractivity contribution in [2.75, 3.05) is 11.9 Å². The fourth-order valence-corrected chi connectivity index (χ4v) is 2.48. The molecule has 1 aromatic carbocycles. The Morgan fingerprint density at radius 1 is 1.40 bits per heavy atom. The summed E-state index contributed by atoms with van der Waals surface area (Å²) in [6, 6.07) is 3.42. The van der Waals surface area contributed by atoms with Crippen LogP contribution in [0, 0.1) is 0 Å². The van der Waals surface area contributed by atoms with E-state index in [-0.39, 0.29) is 0 Å². The van der Waals surface area contributed by atoms with Crippen LogP contribution >= 0.6 is 15.9 Å². The fraction of sp³-hybridized carbons (Fsp3) is 0.364. The molecule has 3 nitrogen and oxygen atoms in total. The summed E-state index contributed by atoms with van der Waals surface area (Å²) in [6.07, 6.45) is 3.18. The molecule has 80 valence electrons. The number of aromatic carboxylic acids is 1. The van der Waals surface area contributed by atoms with E-state index in [2.05, 4.69) is 21.2 Å². The predicted octanol–water partition coefficient (Wildman–Crippen LogP) is 2.90. The van der Waals surface area contributed by atoms with Crippen molar-refractivity contribution in [2.45, 2.75) is 19.3 Å². The van der Waals surface area contributed by atoms with E-state index in [1.54, 1.807) is 12.1 Å². The Hall–Kier alpha value is -1.03. The van der Waals surface area contributed by atoms with Crippen molar-refractivity contribution in [3.05, 3.63) is 27.7 Å². The van der Waals surface area contributed by atoms with Gasteiger partial charge in [-0.2, -0.15) is 0 Å². The maximum Gasteiger partial charge on any atom is 0.335 e. The maximum absolute atomic E-state index is 10.9. The summed E-state index contributed by atoms with van der Waals surface area (Å²) in [5, 5.41) is 12.3. The van der Waals surface area contributed by atoms with Gasteiger partial charge in [-0.15, -0.1) is 0 Å². The van der Waals surface area contributed by atoms with Crippen molar-refractivity contribution in [3.8, 4) is 0 Å². The van der Waals surface area contributed by atoms with Crippen molar-refractivity contribution in [3.63, 3.8) is 0 Å². The van der Waals surface area contributed by atoms with Gasteiger partial charge < -0.3 is 10.4 Å². The van der Waals surface area contributed by atoms with Gasteiger partial charge in [-0.1, -0.05) is 0 Å². The van der Waals surface area contributed by atoms with Gasteiger partial charge in [0.1, 0.15) is 0 Å². The highest BCUT2D eigenvalue weighted by Gasteiger charge is 2.14. The third-order valence-electron chi connectivity index (χ3n) is 2.59. The molecule has 0 aromatic heterocycles. The van der Waals surface area contributed by atoms with Gasteiger partial charge in [0.05, 0.1) is 11.3 Å². The lowest BCUT2D eigenvalue weighted by atomic mass is 10.0. The van der Waals surface area contributed by atoms with Crippen molar-refractivity contribution in [1.82, 2.24) is 0 Å². The van der Waals surface area contributed by atoms with Gasteiger partial charge >= 0.3 is 5.97 Å². The Labute approximate surface area is 96.6 Å². The summed E-state index contributed by atoms with van der Waals surface area (Å²) in [6.45, 7) is 0.956. The van der Waals surface area contributed by atoms with Crippen LogP contribution in [0.3, 0.4) is 0 Å². The molecule has 0 unspecified atom stereocenters. The van der Waals surface area contributed by atoms with Crippen LogP contribution in [0.15, 0.2) is 16.6 Å². The van der Waals surface area contributed by atoms with Gasteiger partial charge in [0, 0.05) is 11.0 Å². The molecule has 15 heavy (non-hydrogen) atoms. The Balaban J connectivity index is 2.48. The standard InChI is InChI=1S/C11H12BrNO2/c12-9-6-8(11(14)15)5-7-3-1-2-4-13-10(7)9/h5-6,13H,1-4H2,(H,14,15). The molecule has 2 N–H and O–H groups in total. The van der Waals surface area contributed by atoms with Crippen LogP contribution in [0.5, 0.6) is 0 Å². The van der Waals surface area contributed by atoms with E-state index in [0.717, 1.165) is 41.5 Å². The molecular weight excluding hydrogens is 258 g/mol. The topological polar surface area (TPSA) is 49.3 Å². The van der Waals surface area contributed by atoms with E-state index >= 15 is 0 Å². The summed E-state index contributed by atoms with van der Waals surface area (Å²) in [5.74, 6) is -0.872. The quantitative estimate of drug-likeness (QED) is 0.824. The van der Waals surface area contributed by atoms with Crippen LogP contribution in [-0.2, 0) is 6.42 Å². The summed E-state index contributed by atoms with van der Waals surface area (Å²) in [5.41, 5.74) is 2.50. The molecular formula is C11H12BrNO2. The summed E-state index contributed by atoms with van der Waals surface area (Å²) in [7, 11) is 0. The van der Waals surface area contributed by atoms with E-state index < -0.39 is 5.97 Å². The van der Waals surface area contributed by atoms with Gasteiger partial charge in [0.15, 0.2) is 0 Å². The number of nitrogens with one attached hydrogen (secondary N) is 1. The van der Waals surface area contributed by atoms with Gasteiger partial charge in [-0.05, 0) is 52.9 Å². The highest BCUT2D eigenvalue weighted by molar-refractivity contribution is 9.10. The summed E-state index contributed by atoms with van der Waals surface area (Å²) < 4.78 is 0.847. The molecule has 1 aromatic rings. The number of hydrogen-bond acceptors (Lipinski definition) is 2. The van der Waals surface area contributed by atoms with Crippen molar-refractivity contribution < 1.29 is 9.90 Å². The first kappa shape index (κ1) is 10.5. The average molecular weight is 270 g/mol.